The van der Waals surface area contributed by atoms with Crippen molar-refractivity contribution in [3.05, 3.63) is 18.2 Å². The lowest BCUT2D eigenvalue weighted by Gasteiger charge is -2.29. The van der Waals surface area contributed by atoms with E-state index in [9.17, 15) is 0 Å². The smallest absolute Gasteiger partial charge is 0.115 e. The molecule has 1 aromatic carbocycles. The second kappa shape index (κ2) is 5.88. The second-order valence-electron chi connectivity index (χ2n) is 4.98. The molecular formula is C14H18N6. The average molecular weight is 270 g/mol. The number of benzene rings is 1. The molecule has 0 unspecified atom stereocenters. The number of fused-ring (bicyclic) bond motifs is 1. The Morgan fingerprint density at radius 3 is 2.95 bits per heavy atom. The van der Waals surface area contributed by atoms with E-state index in [1.165, 1.54) is 5.69 Å². The molecule has 0 aliphatic carbocycles. The molecule has 1 N–H and O–H groups in total. The SMILES string of the molecule is N#CCCCn1nnc2cc(N3CCNCC3)ccc21. The third-order valence-corrected chi connectivity index (χ3v) is 3.64. The number of nitrogens with zero attached hydrogens (tertiary/aromatic N) is 5. The summed E-state index contributed by atoms with van der Waals surface area (Å²) in [6.07, 6.45) is 1.37. The van der Waals surface area contributed by atoms with Crippen LogP contribution in [-0.2, 0) is 6.54 Å². The van der Waals surface area contributed by atoms with Gasteiger partial charge in [-0.3, -0.25) is 0 Å². The van der Waals surface area contributed by atoms with E-state index >= 15 is 0 Å². The number of nitriles is 1. The summed E-state index contributed by atoms with van der Waals surface area (Å²) in [5.74, 6) is 0. The molecule has 0 radical (unpaired) electrons. The highest BCUT2D eigenvalue weighted by molar-refractivity contribution is 5.79. The number of piperazine rings is 1. The van der Waals surface area contributed by atoms with E-state index in [0.717, 1.165) is 50.2 Å². The molecule has 0 atom stereocenters. The molecule has 0 bridgehead atoms. The highest BCUT2D eigenvalue weighted by atomic mass is 15.4. The van der Waals surface area contributed by atoms with E-state index in [1.54, 1.807) is 0 Å². The number of aromatic nitrogens is 3. The third-order valence-electron chi connectivity index (χ3n) is 3.64. The van der Waals surface area contributed by atoms with Crippen molar-refractivity contribution in [2.75, 3.05) is 31.1 Å². The molecule has 0 saturated carbocycles. The van der Waals surface area contributed by atoms with E-state index < -0.39 is 0 Å². The van der Waals surface area contributed by atoms with Crippen LogP contribution in [0.3, 0.4) is 0 Å². The first kappa shape index (κ1) is 12.9. The van der Waals surface area contributed by atoms with Gasteiger partial charge in [0.05, 0.1) is 11.6 Å². The zero-order chi connectivity index (χ0) is 13.8. The van der Waals surface area contributed by atoms with Crippen molar-refractivity contribution in [3.63, 3.8) is 0 Å². The number of unbranched alkanes of at least 4 members (excludes halogenated alkanes) is 1. The minimum absolute atomic E-state index is 0.556. The van der Waals surface area contributed by atoms with Gasteiger partial charge in [0.15, 0.2) is 0 Å². The van der Waals surface area contributed by atoms with Gasteiger partial charge in [0.1, 0.15) is 5.52 Å². The van der Waals surface area contributed by atoms with Crippen LogP contribution in [0.25, 0.3) is 11.0 Å². The summed E-state index contributed by atoms with van der Waals surface area (Å²) in [6.45, 7) is 4.86. The topological polar surface area (TPSA) is 69.8 Å². The molecule has 1 aromatic heterocycles. The molecule has 0 spiro atoms. The summed E-state index contributed by atoms with van der Waals surface area (Å²) >= 11 is 0. The molecule has 1 aliphatic heterocycles. The lowest BCUT2D eigenvalue weighted by atomic mass is 10.2. The first-order valence-electron chi connectivity index (χ1n) is 7.04. The van der Waals surface area contributed by atoms with Crippen LogP contribution in [0, 0.1) is 11.3 Å². The van der Waals surface area contributed by atoms with Crippen LogP contribution in [0.1, 0.15) is 12.8 Å². The summed E-state index contributed by atoms with van der Waals surface area (Å²) in [4.78, 5) is 2.37. The van der Waals surface area contributed by atoms with Gasteiger partial charge >= 0.3 is 0 Å². The lowest BCUT2D eigenvalue weighted by Crippen LogP contribution is -2.43. The predicted octanol–water partition coefficient (Wildman–Crippen LogP) is 1.14. The standard InChI is InChI=1S/C14H18N6/c15-5-1-2-8-20-14-4-3-12(11-13(14)17-18-20)19-9-6-16-7-10-19/h3-4,11,16H,1-2,6-10H2. The van der Waals surface area contributed by atoms with Gasteiger partial charge < -0.3 is 10.2 Å². The molecule has 1 saturated heterocycles. The molecule has 6 nitrogen and oxygen atoms in total. The number of anilines is 1. The van der Waals surface area contributed by atoms with Gasteiger partial charge in [-0.2, -0.15) is 5.26 Å². The Balaban J connectivity index is 1.80. The van der Waals surface area contributed by atoms with Crippen LogP contribution in [0.5, 0.6) is 0 Å². The fraction of sp³-hybridized carbons (Fsp3) is 0.500. The molecule has 1 fully saturated rings. The third kappa shape index (κ3) is 2.58. The summed E-state index contributed by atoms with van der Waals surface area (Å²) in [5.41, 5.74) is 3.18. The Hall–Kier alpha value is -2.13. The van der Waals surface area contributed by atoms with E-state index in [1.807, 2.05) is 4.68 Å². The quantitative estimate of drug-likeness (QED) is 0.844. The normalized spacial score (nSPS) is 15.4. The number of aryl methyl sites for hydroxylation is 1. The number of hydrogen-bond donors (Lipinski definition) is 1. The Morgan fingerprint density at radius 2 is 2.15 bits per heavy atom. The minimum atomic E-state index is 0.556. The van der Waals surface area contributed by atoms with Crippen molar-refractivity contribution in [2.24, 2.45) is 0 Å². The van der Waals surface area contributed by atoms with E-state index in [-0.39, 0.29) is 0 Å². The predicted molar refractivity (Wildman–Crippen MR) is 77.5 cm³/mol. The van der Waals surface area contributed by atoms with Gasteiger partial charge in [-0.05, 0) is 24.6 Å². The van der Waals surface area contributed by atoms with Crippen molar-refractivity contribution >= 4 is 16.7 Å². The second-order valence-corrected chi connectivity index (χ2v) is 4.98. The van der Waals surface area contributed by atoms with Crippen LogP contribution >= 0.6 is 0 Å². The van der Waals surface area contributed by atoms with Crippen LogP contribution in [0.2, 0.25) is 0 Å². The summed E-state index contributed by atoms with van der Waals surface area (Å²) in [5, 5.41) is 20.4. The van der Waals surface area contributed by atoms with E-state index in [2.05, 4.69) is 44.8 Å². The van der Waals surface area contributed by atoms with Crippen LogP contribution in [0.4, 0.5) is 5.69 Å². The zero-order valence-electron chi connectivity index (χ0n) is 11.4. The minimum Gasteiger partial charge on any atom is -0.369 e. The fourth-order valence-electron chi connectivity index (χ4n) is 2.55. The van der Waals surface area contributed by atoms with E-state index in [0.29, 0.717) is 6.42 Å². The highest BCUT2D eigenvalue weighted by Gasteiger charge is 2.12. The maximum absolute atomic E-state index is 8.58. The average Bonchev–Trinajstić information content (AvgIpc) is 2.91. The van der Waals surface area contributed by atoms with Crippen molar-refractivity contribution in [1.82, 2.24) is 20.3 Å². The number of rotatable bonds is 4. The summed E-state index contributed by atoms with van der Waals surface area (Å²) < 4.78 is 1.88. The van der Waals surface area contributed by atoms with Crippen molar-refractivity contribution in [3.8, 4) is 6.07 Å². The molecule has 6 heteroatoms. The van der Waals surface area contributed by atoms with Gasteiger partial charge in [-0.25, -0.2) is 4.68 Å². The van der Waals surface area contributed by atoms with Gasteiger partial charge in [-0.1, -0.05) is 5.21 Å². The maximum Gasteiger partial charge on any atom is 0.115 e. The van der Waals surface area contributed by atoms with Gasteiger partial charge in [0.25, 0.3) is 0 Å². The Labute approximate surface area is 118 Å². The fourth-order valence-corrected chi connectivity index (χ4v) is 2.55. The zero-order valence-corrected chi connectivity index (χ0v) is 11.4. The molecule has 3 rings (SSSR count). The van der Waals surface area contributed by atoms with E-state index in [4.69, 9.17) is 5.26 Å². The molecule has 0 amide bonds. The summed E-state index contributed by atoms with van der Waals surface area (Å²) in [6, 6.07) is 8.48. The first-order valence-corrected chi connectivity index (χ1v) is 7.04. The number of nitrogens with one attached hydrogen (secondary N) is 1. The summed E-state index contributed by atoms with van der Waals surface area (Å²) in [7, 11) is 0. The molecule has 20 heavy (non-hydrogen) atoms. The Morgan fingerprint density at radius 1 is 1.30 bits per heavy atom. The molecular weight excluding hydrogens is 252 g/mol. The monoisotopic (exact) mass is 270 g/mol. The van der Waals surface area contributed by atoms with Gasteiger partial charge in [-0.15, -0.1) is 5.10 Å². The maximum atomic E-state index is 8.58. The van der Waals surface area contributed by atoms with Crippen molar-refractivity contribution in [1.29, 1.82) is 5.26 Å². The van der Waals surface area contributed by atoms with Gasteiger partial charge in [0.2, 0.25) is 0 Å². The van der Waals surface area contributed by atoms with Crippen LogP contribution in [-0.4, -0.2) is 41.2 Å². The molecule has 1 aliphatic rings. The van der Waals surface area contributed by atoms with Crippen LogP contribution < -0.4 is 10.2 Å². The molecule has 2 heterocycles. The van der Waals surface area contributed by atoms with Crippen molar-refractivity contribution < 1.29 is 0 Å². The Kier molecular flexibility index (Phi) is 3.79. The number of hydrogen-bond acceptors (Lipinski definition) is 5. The molecule has 2 aromatic rings. The lowest BCUT2D eigenvalue weighted by molar-refractivity contribution is 0.580. The highest BCUT2D eigenvalue weighted by Crippen LogP contribution is 2.21. The Bertz CT molecular complexity index is 620. The largest absolute Gasteiger partial charge is 0.369 e. The first-order chi connectivity index (χ1) is 9.88. The van der Waals surface area contributed by atoms with Gasteiger partial charge in [0, 0.05) is 44.8 Å². The molecule has 104 valence electrons. The van der Waals surface area contributed by atoms with Crippen LogP contribution in [0.15, 0.2) is 18.2 Å². The van der Waals surface area contributed by atoms with Crippen molar-refractivity contribution in [2.45, 2.75) is 19.4 Å².